The minimum absolute atomic E-state index is 0.822. The van der Waals surface area contributed by atoms with Crippen molar-refractivity contribution >= 4 is 17.8 Å². The lowest BCUT2D eigenvalue weighted by atomic mass is 10.2. The number of hydrogen-bond donors (Lipinski definition) is 0. The van der Waals surface area contributed by atoms with E-state index in [1.807, 2.05) is 36.4 Å². The van der Waals surface area contributed by atoms with Crippen molar-refractivity contribution in [3.05, 3.63) is 66.4 Å². The zero-order chi connectivity index (χ0) is 15.9. The van der Waals surface area contributed by atoms with Gasteiger partial charge in [0.2, 0.25) is 0 Å². The van der Waals surface area contributed by atoms with E-state index in [0.717, 1.165) is 29.0 Å². The lowest BCUT2D eigenvalue weighted by molar-refractivity contribution is 0.686. The Morgan fingerprint density at radius 1 is 1.04 bits per heavy atom. The highest BCUT2D eigenvalue weighted by Crippen LogP contribution is 2.22. The van der Waals surface area contributed by atoms with Crippen LogP contribution in [0.1, 0.15) is 12.5 Å². The molecule has 3 rings (SSSR count). The van der Waals surface area contributed by atoms with E-state index in [9.17, 15) is 0 Å². The second-order valence-electron chi connectivity index (χ2n) is 4.89. The number of nitrogens with zero attached hydrogens (tertiary/aromatic N) is 4. The molecule has 0 radical (unpaired) electrons. The first kappa shape index (κ1) is 15.5. The van der Waals surface area contributed by atoms with Gasteiger partial charge in [0.05, 0.1) is 0 Å². The molecule has 0 amide bonds. The molecule has 4 nitrogen and oxygen atoms in total. The average molecular weight is 322 g/mol. The topological polar surface area (TPSA) is 43.6 Å². The van der Waals surface area contributed by atoms with Crippen molar-refractivity contribution in [2.75, 3.05) is 5.75 Å². The molecule has 2 heterocycles. The molecule has 0 aliphatic rings. The fourth-order valence-corrected chi connectivity index (χ4v) is 3.05. The van der Waals surface area contributed by atoms with Gasteiger partial charge in [-0.2, -0.15) is 0 Å². The summed E-state index contributed by atoms with van der Waals surface area (Å²) in [5, 5.41) is 9.53. The molecule has 3 aromatic rings. The summed E-state index contributed by atoms with van der Waals surface area (Å²) >= 11 is 1.68. The highest BCUT2D eigenvalue weighted by atomic mass is 32.2. The van der Waals surface area contributed by atoms with Crippen LogP contribution in [-0.2, 0) is 6.54 Å². The Labute approximate surface area is 140 Å². The molecule has 0 aliphatic carbocycles. The Morgan fingerprint density at radius 3 is 2.61 bits per heavy atom. The number of thioether (sulfide) groups is 1. The zero-order valence-corrected chi connectivity index (χ0v) is 13.8. The van der Waals surface area contributed by atoms with Gasteiger partial charge in [-0.05, 0) is 24.6 Å². The van der Waals surface area contributed by atoms with Gasteiger partial charge in [-0.1, -0.05) is 60.3 Å². The lowest BCUT2D eigenvalue weighted by Gasteiger charge is -2.05. The molecule has 5 heteroatoms. The third-order valence-corrected chi connectivity index (χ3v) is 4.26. The predicted molar refractivity (Wildman–Crippen MR) is 95.1 cm³/mol. The van der Waals surface area contributed by atoms with Gasteiger partial charge in [0.1, 0.15) is 5.69 Å². The van der Waals surface area contributed by atoms with E-state index in [2.05, 4.69) is 51.0 Å². The van der Waals surface area contributed by atoms with Crippen LogP contribution in [0.3, 0.4) is 0 Å². The van der Waals surface area contributed by atoms with Crippen LogP contribution < -0.4 is 0 Å². The minimum atomic E-state index is 0.822. The van der Waals surface area contributed by atoms with Gasteiger partial charge in [-0.3, -0.25) is 4.98 Å². The summed E-state index contributed by atoms with van der Waals surface area (Å²) in [6, 6.07) is 16.1. The van der Waals surface area contributed by atoms with Crippen LogP contribution in [-0.4, -0.2) is 25.5 Å². The van der Waals surface area contributed by atoms with E-state index in [-0.39, 0.29) is 0 Å². The molecule has 0 saturated heterocycles. The summed E-state index contributed by atoms with van der Waals surface area (Å²) in [5.74, 6) is 1.68. The highest BCUT2D eigenvalue weighted by Gasteiger charge is 2.13. The van der Waals surface area contributed by atoms with Gasteiger partial charge in [0.15, 0.2) is 11.0 Å². The van der Waals surface area contributed by atoms with Crippen LogP contribution >= 0.6 is 11.8 Å². The Kier molecular flexibility index (Phi) is 5.21. The fourth-order valence-electron chi connectivity index (χ4n) is 2.24. The van der Waals surface area contributed by atoms with Gasteiger partial charge in [0, 0.05) is 18.5 Å². The maximum atomic E-state index is 4.36. The standard InChI is InChI=1S/C18H18N4S/c1-2-22-17(16-12-6-7-13-19-16)20-21-18(22)23-14-8-11-15-9-4-3-5-10-15/h3-13H,2,14H2,1H3. The number of benzene rings is 1. The van der Waals surface area contributed by atoms with Crippen LogP contribution in [0.15, 0.2) is 66.0 Å². The second kappa shape index (κ2) is 7.74. The van der Waals surface area contributed by atoms with E-state index >= 15 is 0 Å². The Morgan fingerprint density at radius 2 is 1.87 bits per heavy atom. The molecule has 2 aromatic heterocycles. The number of rotatable bonds is 6. The molecule has 0 atom stereocenters. The molecule has 0 spiro atoms. The number of aromatic nitrogens is 4. The van der Waals surface area contributed by atoms with E-state index in [1.54, 1.807) is 18.0 Å². The molecular weight excluding hydrogens is 304 g/mol. The molecule has 0 fully saturated rings. The predicted octanol–water partition coefficient (Wildman–Crippen LogP) is 4.17. The molecule has 0 bridgehead atoms. The third-order valence-electron chi connectivity index (χ3n) is 3.35. The van der Waals surface area contributed by atoms with E-state index in [0.29, 0.717) is 0 Å². The van der Waals surface area contributed by atoms with Crippen LogP contribution in [0.2, 0.25) is 0 Å². The Bertz CT molecular complexity index is 766. The number of hydrogen-bond acceptors (Lipinski definition) is 4. The highest BCUT2D eigenvalue weighted by molar-refractivity contribution is 7.99. The fraction of sp³-hybridized carbons (Fsp3) is 0.167. The second-order valence-corrected chi connectivity index (χ2v) is 5.88. The SMILES string of the molecule is CCn1c(SCC=Cc2ccccc2)nnc1-c1ccccn1. The lowest BCUT2D eigenvalue weighted by Crippen LogP contribution is -2.00. The van der Waals surface area contributed by atoms with Crippen molar-refractivity contribution < 1.29 is 0 Å². The Balaban J connectivity index is 1.69. The maximum Gasteiger partial charge on any atom is 0.191 e. The summed E-state index contributed by atoms with van der Waals surface area (Å²) in [7, 11) is 0. The van der Waals surface area contributed by atoms with Gasteiger partial charge < -0.3 is 4.57 Å². The van der Waals surface area contributed by atoms with Gasteiger partial charge >= 0.3 is 0 Å². The number of pyridine rings is 1. The van der Waals surface area contributed by atoms with Gasteiger partial charge in [-0.25, -0.2) is 0 Å². The van der Waals surface area contributed by atoms with Gasteiger partial charge in [-0.15, -0.1) is 10.2 Å². The van der Waals surface area contributed by atoms with E-state index < -0.39 is 0 Å². The average Bonchev–Trinajstić information content (AvgIpc) is 3.03. The van der Waals surface area contributed by atoms with Gasteiger partial charge in [0.25, 0.3) is 0 Å². The largest absolute Gasteiger partial charge is 0.301 e. The van der Waals surface area contributed by atoms with Crippen LogP contribution in [0.4, 0.5) is 0 Å². The molecule has 116 valence electrons. The summed E-state index contributed by atoms with van der Waals surface area (Å²) in [6.45, 7) is 2.92. The summed E-state index contributed by atoms with van der Waals surface area (Å²) in [5.41, 5.74) is 2.06. The van der Waals surface area contributed by atoms with E-state index in [4.69, 9.17) is 0 Å². The molecule has 0 N–H and O–H groups in total. The molecule has 23 heavy (non-hydrogen) atoms. The summed E-state index contributed by atoms with van der Waals surface area (Å²) in [4.78, 5) is 4.36. The first-order valence-electron chi connectivity index (χ1n) is 7.57. The van der Waals surface area contributed by atoms with Crippen LogP contribution in [0.5, 0.6) is 0 Å². The molecule has 0 saturated carbocycles. The molecular formula is C18H18N4S. The maximum absolute atomic E-state index is 4.36. The van der Waals surface area contributed by atoms with Crippen LogP contribution in [0, 0.1) is 0 Å². The third kappa shape index (κ3) is 3.87. The summed E-state index contributed by atoms with van der Waals surface area (Å²) < 4.78 is 2.10. The Hall–Kier alpha value is -2.40. The van der Waals surface area contributed by atoms with E-state index in [1.165, 1.54) is 5.56 Å². The van der Waals surface area contributed by atoms with Crippen molar-refractivity contribution in [2.24, 2.45) is 0 Å². The zero-order valence-electron chi connectivity index (χ0n) is 13.0. The quantitative estimate of drug-likeness (QED) is 0.639. The van der Waals surface area contributed by atoms with Crippen LogP contribution in [0.25, 0.3) is 17.6 Å². The van der Waals surface area contributed by atoms with Crippen molar-refractivity contribution in [3.8, 4) is 11.5 Å². The smallest absolute Gasteiger partial charge is 0.191 e. The molecule has 1 aromatic carbocycles. The van der Waals surface area contributed by atoms with Crippen molar-refractivity contribution in [3.63, 3.8) is 0 Å². The summed E-state index contributed by atoms with van der Waals surface area (Å²) in [6.07, 6.45) is 6.05. The minimum Gasteiger partial charge on any atom is -0.301 e. The first-order chi connectivity index (χ1) is 11.4. The normalized spacial score (nSPS) is 11.2. The molecule has 0 aliphatic heterocycles. The van der Waals surface area contributed by atoms with Crippen molar-refractivity contribution in [1.82, 2.24) is 19.7 Å². The van der Waals surface area contributed by atoms with Crippen molar-refractivity contribution in [2.45, 2.75) is 18.6 Å². The monoisotopic (exact) mass is 322 g/mol. The van der Waals surface area contributed by atoms with Crippen molar-refractivity contribution in [1.29, 1.82) is 0 Å². The first-order valence-corrected chi connectivity index (χ1v) is 8.56. The molecule has 0 unspecified atom stereocenters.